The van der Waals surface area contributed by atoms with Crippen LogP contribution in [0.2, 0.25) is 0 Å². The van der Waals surface area contributed by atoms with Crippen molar-refractivity contribution < 1.29 is 5.11 Å². The average Bonchev–Trinajstić information content (AvgIpc) is 2.10. The van der Waals surface area contributed by atoms with Gasteiger partial charge in [0.2, 0.25) is 0 Å². The molecular formula is C12H16O. The van der Waals surface area contributed by atoms with E-state index in [2.05, 4.69) is 13.5 Å². The van der Waals surface area contributed by atoms with E-state index in [0.29, 0.717) is 11.7 Å². The molecule has 0 aromatic heterocycles. The van der Waals surface area contributed by atoms with Crippen molar-refractivity contribution in [2.45, 2.75) is 26.2 Å². The van der Waals surface area contributed by atoms with Gasteiger partial charge in [0.1, 0.15) is 5.75 Å². The molecule has 1 unspecified atom stereocenters. The molecule has 0 amide bonds. The molecule has 0 bridgehead atoms. The van der Waals surface area contributed by atoms with Gasteiger partial charge in [-0.2, -0.15) is 0 Å². The number of aromatic hydroxyl groups is 1. The van der Waals surface area contributed by atoms with E-state index >= 15 is 0 Å². The zero-order valence-electron chi connectivity index (χ0n) is 8.25. The van der Waals surface area contributed by atoms with E-state index in [1.54, 1.807) is 6.07 Å². The number of allylic oxidation sites excluding steroid dienone is 1. The number of hydrogen-bond donors (Lipinski definition) is 1. The SMILES string of the molecule is C=CCC(C)c1ccc(O)c(C)c1. The van der Waals surface area contributed by atoms with Crippen LogP contribution in [0.1, 0.15) is 30.4 Å². The van der Waals surface area contributed by atoms with Crippen LogP contribution in [-0.2, 0) is 0 Å². The summed E-state index contributed by atoms with van der Waals surface area (Å²) in [5.74, 6) is 0.853. The Morgan fingerprint density at radius 2 is 2.23 bits per heavy atom. The minimum atomic E-state index is 0.370. The van der Waals surface area contributed by atoms with Crippen molar-refractivity contribution in [3.8, 4) is 5.75 Å². The maximum atomic E-state index is 9.34. The Morgan fingerprint density at radius 3 is 2.77 bits per heavy atom. The molecule has 1 atom stereocenters. The molecule has 0 spiro atoms. The predicted molar refractivity (Wildman–Crippen MR) is 56.1 cm³/mol. The fraction of sp³-hybridized carbons (Fsp3) is 0.333. The first kappa shape index (κ1) is 9.85. The molecule has 0 aliphatic carbocycles. The Bertz CT molecular complexity index is 302. The van der Waals surface area contributed by atoms with Gasteiger partial charge in [-0.3, -0.25) is 0 Å². The lowest BCUT2D eigenvalue weighted by atomic mass is 9.96. The van der Waals surface area contributed by atoms with E-state index in [0.717, 1.165) is 12.0 Å². The first-order chi connectivity index (χ1) is 6.15. The number of phenols is 1. The molecule has 0 heterocycles. The number of phenolic OH excluding ortho intramolecular Hbond substituents is 1. The summed E-state index contributed by atoms with van der Waals surface area (Å²) < 4.78 is 0. The van der Waals surface area contributed by atoms with E-state index < -0.39 is 0 Å². The summed E-state index contributed by atoms with van der Waals surface area (Å²) in [6, 6.07) is 5.75. The van der Waals surface area contributed by atoms with E-state index in [1.807, 2.05) is 25.1 Å². The molecule has 0 saturated heterocycles. The molecule has 0 aliphatic rings. The summed E-state index contributed by atoms with van der Waals surface area (Å²) in [4.78, 5) is 0. The molecule has 1 nitrogen and oxygen atoms in total. The zero-order chi connectivity index (χ0) is 9.84. The second-order valence-electron chi connectivity index (χ2n) is 3.47. The van der Waals surface area contributed by atoms with Gasteiger partial charge in [0.25, 0.3) is 0 Å². The number of aryl methyl sites for hydroxylation is 1. The summed E-state index contributed by atoms with van der Waals surface area (Å²) in [7, 11) is 0. The average molecular weight is 176 g/mol. The first-order valence-corrected chi connectivity index (χ1v) is 4.55. The Morgan fingerprint density at radius 1 is 1.54 bits per heavy atom. The minimum absolute atomic E-state index is 0.370. The smallest absolute Gasteiger partial charge is 0.118 e. The fourth-order valence-corrected chi connectivity index (χ4v) is 1.37. The monoisotopic (exact) mass is 176 g/mol. The second kappa shape index (κ2) is 4.13. The van der Waals surface area contributed by atoms with Crippen LogP contribution in [-0.4, -0.2) is 5.11 Å². The van der Waals surface area contributed by atoms with Gasteiger partial charge >= 0.3 is 0 Å². The maximum absolute atomic E-state index is 9.34. The summed E-state index contributed by atoms with van der Waals surface area (Å²) in [5.41, 5.74) is 2.20. The zero-order valence-corrected chi connectivity index (χ0v) is 8.25. The highest BCUT2D eigenvalue weighted by molar-refractivity contribution is 5.36. The normalized spacial score (nSPS) is 12.5. The summed E-state index contributed by atoms with van der Waals surface area (Å²) in [6.07, 6.45) is 2.90. The van der Waals surface area contributed by atoms with Crippen LogP contribution >= 0.6 is 0 Å². The molecule has 13 heavy (non-hydrogen) atoms. The Balaban J connectivity index is 2.89. The number of rotatable bonds is 3. The van der Waals surface area contributed by atoms with Crippen molar-refractivity contribution in [1.29, 1.82) is 0 Å². The molecular weight excluding hydrogens is 160 g/mol. The summed E-state index contributed by atoms with van der Waals surface area (Å²) in [6.45, 7) is 7.79. The molecule has 1 rings (SSSR count). The van der Waals surface area contributed by atoms with Gasteiger partial charge < -0.3 is 5.11 Å². The predicted octanol–water partition coefficient (Wildman–Crippen LogP) is 3.38. The van der Waals surface area contributed by atoms with Gasteiger partial charge in [-0.15, -0.1) is 6.58 Å². The Labute approximate surface area is 79.7 Å². The largest absolute Gasteiger partial charge is 0.508 e. The van der Waals surface area contributed by atoms with Gasteiger partial charge in [-0.25, -0.2) is 0 Å². The third kappa shape index (κ3) is 2.35. The molecule has 1 aromatic carbocycles. The molecule has 1 aromatic rings. The standard InChI is InChI=1S/C12H16O/c1-4-5-9(2)11-6-7-12(13)10(3)8-11/h4,6-9,13H,1,5H2,2-3H3. The van der Waals surface area contributed by atoms with Gasteiger partial charge in [0.15, 0.2) is 0 Å². The van der Waals surface area contributed by atoms with Gasteiger partial charge in [0, 0.05) is 0 Å². The lowest BCUT2D eigenvalue weighted by Gasteiger charge is -2.10. The number of hydrogen-bond acceptors (Lipinski definition) is 1. The molecule has 0 aliphatic heterocycles. The minimum Gasteiger partial charge on any atom is -0.508 e. The molecule has 70 valence electrons. The summed E-state index contributed by atoms with van der Waals surface area (Å²) in [5, 5.41) is 9.34. The summed E-state index contributed by atoms with van der Waals surface area (Å²) >= 11 is 0. The van der Waals surface area contributed by atoms with Crippen LogP contribution < -0.4 is 0 Å². The van der Waals surface area contributed by atoms with Crippen molar-refractivity contribution in [1.82, 2.24) is 0 Å². The quantitative estimate of drug-likeness (QED) is 0.700. The highest BCUT2D eigenvalue weighted by Gasteiger charge is 2.04. The lowest BCUT2D eigenvalue weighted by molar-refractivity contribution is 0.470. The van der Waals surface area contributed by atoms with Gasteiger partial charge in [-0.1, -0.05) is 25.1 Å². The highest BCUT2D eigenvalue weighted by atomic mass is 16.3. The van der Waals surface area contributed by atoms with Crippen LogP contribution in [0.15, 0.2) is 30.9 Å². The molecule has 0 saturated carbocycles. The van der Waals surface area contributed by atoms with Crippen LogP contribution in [0.3, 0.4) is 0 Å². The second-order valence-corrected chi connectivity index (χ2v) is 3.47. The number of benzene rings is 1. The van der Waals surface area contributed by atoms with Crippen molar-refractivity contribution in [2.75, 3.05) is 0 Å². The molecule has 1 heteroatoms. The van der Waals surface area contributed by atoms with Crippen LogP contribution in [0.5, 0.6) is 5.75 Å². The van der Waals surface area contributed by atoms with Crippen molar-refractivity contribution in [3.05, 3.63) is 42.0 Å². The third-order valence-electron chi connectivity index (χ3n) is 2.31. The maximum Gasteiger partial charge on any atom is 0.118 e. The first-order valence-electron chi connectivity index (χ1n) is 4.55. The molecule has 1 N–H and O–H groups in total. The van der Waals surface area contributed by atoms with E-state index in [9.17, 15) is 5.11 Å². The highest BCUT2D eigenvalue weighted by Crippen LogP contribution is 2.24. The van der Waals surface area contributed by atoms with E-state index in [1.165, 1.54) is 5.56 Å². The van der Waals surface area contributed by atoms with Gasteiger partial charge in [-0.05, 0) is 36.5 Å². The molecule has 0 fully saturated rings. The van der Waals surface area contributed by atoms with Gasteiger partial charge in [0.05, 0.1) is 0 Å². The van der Waals surface area contributed by atoms with Crippen LogP contribution in [0.4, 0.5) is 0 Å². The van der Waals surface area contributed by atoms with Crippen molar-refractivity contribution >= 4 is 0 Å². The van der Waals surface area contributed by atoms with E-state index in [-0.39, 0.29) is 0 Å². The van der Waals surface area contributed by atoms with Crippen LogP contribution in [0, 0.1) is 6.92 Å². The van der Waals surface area contributed by atoms with E-state index in [4.69, 9.17) is 0 Å². The molecule has 0 radical (unpaired) electrons. The Kier molecular flexibility index (Phi) is 3.13. The fourth-order valence-electron chi connectivity index (χ4n) is 1.37. The van der Waals surface area contributed by atoms with Crippen molar-refractivity contribution in [2.24, 2.45) is 0 Å². The topological polar surface area (TPSA) is 20.2 Å². The van der Waals surface area contributed by atoms with Crippen LogP contribution in [0.25, 0.3) is 0 Å². The lowest BCUT2D eigenvalue weighted by Crippen LogP contribution is -1.92. The van der Waals surface area contributed by atoms with Crippen molar-refractivity contribution in [3.63, 3.8) is 0 Å². The third-order valence-corrected chi connectivity index (χ3v) is 2.31. The Hall–Kier alpha value is -1.24.